The van der Waals surface area contributed by atoms with Crippen LogP contribution in [0.15, 0.2) is 34.8 Å². The van der Waals surface area contributed by atoms with E-state index in [1.54, 1.807) is 7.11 Å². The zero-order valence-corrected chi connectivity index (χ0v) is 13.0. The standard InChI is InChI=1S/C14H14BrClN2O/c1-8-5-12(17)11(16)7-13(8)18-9-3-4-10(15)14(6-9)19-2/h3-7,18H,17H2,1-2H3. The molecule has 3 nitrogen and oxygen atoms in total. The normalized spacial score (nSPS) is 10.3. The Morgan fingerprint density at radius 3 is 2.68 bits per heavy atom. The van der Waals surface area contributed by atoms with Gasteiger partial charge in [-0.15, -0.1) is 0 Å². The molecule has 0 atom stereocenters. The van der Waals surface area contributed by atoms with Gasteiger partial charge in [-0.25, -0.2) is 0 Å². The van der Waals surface area contributed by atoms with E-state index in [9.17, 15) is 0 Å². The van der Waals surface area contributed by atoms with Gasteiger partial charge in [0, 0.05) is 17.4 Å². The third-order valence-electron chi connectivity index (χ3n) is 2.77. The third-order valence-corrected chi connectivity index (χ3v) is 3.76. The van der Waals surface area contributed by atoms with E-state index in [-0.39, 0.29) is 0 Å². The van der Waals surface area contributed by atoms with Crippen molar-refractivity contribution in [1.82, 2.24) is 0 Å². The van der Waals surface area contributed by atoms with E-state index in [1.807, 2.05) is 37.3 Å². The second-order valence-electron chi connectivity index (χ2n) is 4.16. The summed E-state index contributed by atoms with van der Waals surface area (Å²) in [5.74, 6) is 0.768. The Hall–Kier alpha value is -1.39. The van der Waals surface area contributed by atoms with Crippen molar-refractivity contribution < 1.29 is 4.74 Å². The first-order chi connectivity index (χ1) is 9.01. The lowest BCUT2D eigenvalue weighted by atomic mass is 10.1. The van der Waals surface area contributed by atoms with Crippen LogP contribution in [0, 0.1) is 6.92 Å². The summed E-state index contributed by atoms with van der Waals surface area (Å²) in [6, 6.07) is 9.46. The fraction of sp³-hybridized carbons (Fsp3) is 0.143. The molecule has 0 spiro atoms. The van der Waals surface area contributed by atoms with Crippen LogP contribution in [0.2, 0.25) is 5.02 Å². The van der Waals surface area contributed by atoms with E-state index in [0.29, 0.717) is 10.7 Å². The van der Waals surface area contributed by atoms with E-state index in [1.165, 1.54) is 0 Å². The maximum Gasteiger partial charge on any atom is 0.135 e. The molecule has 0 unspecified atom stereocenters. The van der Waals surface area contributed by atoms with E-state index >= 15 is 0 Å². The van der Waals surface area contributed by atoms with Crippen molar-refractivity contribution >= 4 is 44.6 Å². The lowest BCUT2D eigenvalue weighted by Crippen LogP contribution is -1.96. The molecule has 0 saturated carbocycles. The average molecular weight is 342 g/mol. The smallest absolute Gasteiger partial charge is 0.135 e. The third kappa shape index (κ3) is 3.14. The Kier molecular flexibility index (Phi) is 4.22. The molecule has 0 bridgehead atoms. The van der Waals surface area contributed by atoms with Crippen molar-refractivity contribution in [2.75, 3.05) is 18.2 Å². The molecule has 0 heterocycles. The summed E-state index contributed by atoms with van der Waals surface area (Å²) in [7, 11) is 1.63. The molecule has 0 fully saturated rings. The summed E-state index contributed by atoms with van der Waals surface area (Å²) < 4.78 is 6.17. The molecule has 0 aromatic heterocycles. The van der Waals surface area contributed by atoms with Crippen LogP contribution < -0.4 is 15.8 Å². The van der Waals surface area contributed by atoms with Crippen LogP contribution in [-0.4, -0.2) is 7.11 Å². The predicted molar refractivity (Wildman–Crippen MR) is 84.6 cm³/mol. The fourth-order valence-corrected chi connectivity index (χ4v) is 2.30. The number of hydrogen-bond donors (Lipinski definition) is 2. The summed E-state index contributed by atoms with van der Waals surface area (Å²) in [4.78, 5) is 0. The summed E-state index contributed by atoms with van der Waals surface area (Å²) >= 11 is 9.46. The van der Waals surface area contributed by atoms with Crippen LogP contribution in [0.1, 0.15) is 5.56 Å². The molecule has 2 aromatic rings. The van der Waals surface area contributed by atoms with Crippen LogP contribution in [-0.2, 0) is 0 Å². The maximum atomic E-state index is 6.04. The largest absolute Gasteiger partial charge is 0.495 e. The predicted octanol–water partition coefficient (Wildman–Crippen LogP) is 4.75. The number of aryl methyl sites for hydroxylation is 1. The summed E-state index contributed by atoms with van der Waals surface area (Å²) in [6.07, 6.45) is 0. The number of benzene rings is 2. The average Bonchev–Trinajstić information content (AvgIpc) is 2.38. The Balaban J connectivity index is 2.33. The molecule has 100 valence electrons. The molecular formula is C14H14BrClN2O. The van der Waals surface area contributed by atoms with Crippen molar-refractivity contribution in [3.63, 3.8) is 0 Å². The molecule has 0 aliphatic heterocycles. The molecule has 0 aliphatic carbocycles. The van der Waals surface area contributed by atoms with E-state index < -0.39 is 0 Å². The van der Waals surface area contributed by atoms with Gasteiger partial charge in [0.15, 0.2) is 0 Å². The highest BCUT2D eigenvalue weighted by atomic mass is 79.9. The SMILES string of the molecule is COc1cc(Nc2cc(Cl)c(N)cc2C)ccc1Br. The Labute approximate surface area is 125 Å². The van der Waals surface area contributed by atoms with Crippen LogP contribution in [0.3, 0.4) is 0 Å². The molecule has 2 rings (SSSR count). The minimum absolute atomic E-state index is 0.539. The maximum absolute atomic E-state index is 6.04. The Bertz CT molecular complexity index is 617. The topological polar surface area (TPSA) is 47.3 Å². The molecule has 2 aromatic carbocycles. The minimum Gasteiger partial charge on any atom is -0.495 e. The van der Waals surface area contributed by atoms with E-state index in [4.69, 9.17) is 22.1 Å². The molecule has 5 heteroatoms. The number of ether oxygens (including phenoxy) is 1. The number of rotatable bonds is 3. The van der Waals surface area contributed by atoms with Gasteiger partial charge in [0.25, 0.3) is 0 Å². The first-order valence-corrected chi connectivity index (χ1v) is 6.84. The van der Waals surface area contributed by atoms with Gasteiger partial charge in [0.1, 0.15) is 5.75 Å². The Morgan fingerprint density at radius 1 is 1.26 bits per heavy atom. The number of nitrogens with one attached hydrogen (secondary N) is 1. The van der Waals surface area contributed by atoms with Crippen LogP contribution in [0.5, 0.6) is 5.75 Å². The first-order valence-electron chi connectivity index (χ1n) is 5.67. The quantitative estimate of drug-likeness (QED) is 0.792. The second-order valence-corrected chi connectivity index (χ2v) is 5.42. The van der Waals surface area contributed by atoms with E-state index in [0.717, 1.165) is 27.2 Å². The van der Waals surface area contributed by atoms with Crippen LogP contribution in [0.25, 0.3) is 0 Å². The second kappa shape index (κ2) is 5.72. The monoisotopic (exact) mass is 340 g/mol. The molecule has 0 radical (unpaired) electrons. The fourth-order valence-electron chi connectivity index (χ4n) is 1.73. The zero-order chi connectivity index (χ0) is 14.0. The van der Waals surface area contributed by atoms with Gasteiger partial charge in [0.2, 0.25) is 0 Å². The number of nitrogen functional groups attached to an aromatic ring is 1. The van der Waals surface area contributed by atoms with Crippen molar-refractivity contribution in [3.05, 3.63) is 45.4 Å². The van der Waals surface area contributed by atoms with E-state index in [2.05, 4.69) is 21.2 Å². The highest BCUT2D eigenvalue weighted by Crippen LogP contribution is 2.32. The number of anilines is 3. The van der Waals surface area contributed by atoms with Gasteiger partial charge in [-0.1, -0.05) is 11.6 Å². The van der Waals surface area contributed by atoms with Crippen molar-refractivity contribution in [2.24, 2.45) is 0 Å². The van der Waals surface area contributed by atoms with Gasteiger partial charge in [-0.3, -0.25) is 0 Å². The van der Waals surface area contributed by atoms with Crippen LogP contribution >= 0.6 is 27.5 Å². The highest BCUT2D eigenvalue weighted by molar-refractivity contribution is 9.10. The van der Waals surface area contributed by atoms with Crippen molar-refractivity contribution in [3.8, 4) is 5.75 Å². The first kappa shape index (κ1) is 14.0. The number of methoxy groups -OCH3 is 1. The van der Waals surface area contributed by atoms with Gasteiger partial charge >= 0.3 is 0 Å². The number of hydrogen-bond acceptors (Lipinski definition) is 3. The summed E-state index contributed by atoms with van der Waals surface area (Å²) in [6.45, 7) is 1.98. The highest BCUT2D eigenvalue weighted by Gasteiger charge is 2.06. The molecule has 0 aliphatic rings. The van der Waals surface area contributed by atoms with Crippen LogP contribution in [0.4, 0.5) is 17.1 Å². The van der Waals surface area contributed by atoms with Gasteiger partial charge in [-0.2, -0.15) is 0 Å². The molecular weight excluding hydrogens is 328 g/mol. The molecule has 0 saturated heterocycles. The van der Waals surface area contributed by atoms with Gasteiger partial charge < -0.3 is 15.8 Å². The lowest BCUT2D eigenvalue weighted by Gasteiger charge is -2.13. The molecule has 19 heavy (non-hydrogen) atoms. The summed E-state index contributed by atoms with van der Waals surface area (Å²) in [5.41, 5.74) is 9.22. The lowest BCUT2D eigenvalue weighted by molar-refractivity contribution is 0.412. The molecule has 0 amide bonds. The van der Waals surface area contributed by atoms with Crippen molar-refractivity contribution in [2.45, 2.75) is 6.92 Å². The number of nitrogens with two attached hydrogens (primary N) is 1. The van der Waals surface area contributed by atoms with Crippen molar-refractivity contribution in [1.29, 1.82) is 0 Å². The zero-order valence-electron chi connectivity index (χ0n) is 10.6. The number of halogens is 2. The minimum atomic E-state index is 0.539. The Morgan fingerprint density at radius 2 is 2.00 bits per heavy atom. The summed E-state index contributed by atoms with van der Waals surface area (Å²) in [5, 5.41) is 3.84. The van der Waals surface area contributed by atoms with Gasteiger partial charge in [0.05, 0.1) is 22.3 Å². The van der Waals surface area contributed by atoms with Gasteiger partial charge in [-0.05, 0) is 52.7 Å². The molecule has 3 N–H and O–H groups in total.